The van der Waals surface area contributed by atoms with Crippen LogP contribution in [0, 0.1) is 6.92 Å². The van der Waals surface area contributed by atoms with Crippen LogP contribution in [-0.2, 0) is 23.1 Å². The lowest BCUT2D eigenvalue weighted by atomic mass is 10.2. The first-order valence-corrected chi connectivity index (χ1v) is 5.95. The maximum Gasteiger partial charge on any atom is 0.158 e. The number of aryl methyl sites for hydroxylation is 1. The molecule has 1 aromatic rings. The van der Waals surface area contributed by atoms with Gasteiger partial charge in [0.05, 0.1) is 18.8 Å². The van der Waals surface area contributed by atoms with Crippen LogP contribution in [0.25, 0.3) is 0 Å². The van der Waals surface area contributed by atoms with Gasteiger partial charge in [-0.3, -0.25) is 0 Å². The van der Waals surface area contributed by atoms with Crippen molar-refractivity contribution < 1.29 is 9.47 Å². The lowest BCUT2D eigenvalue weighted by Crippen LogP contribution is -2.45. The molecule has 2 heterocycles. The fraction of sp³-hybridized carbons (Fsp3) is 0.818. The topological polar surface area (TPSA) is 61.2 Å². The van der Waals surface area contributed by atoms with Crippen molar-refractivity contribution in [2.45, 2.75) is 32.7 Å². The van der Waals surface area contributed by atoms with Crippen molar-refractivity contribution in [2.75, 3.05) is 19.7 Å². The van der Waals surface area contributed by atoms with Gasteiger partial charge in [0.2, 0.25) is 0 Å². The van der Waals surface area contributed by atoms with Gasteiger partial charge in [-0.05, 0) is 13.8 Å². The fourth-order valence-corrected chi connectivity index (χ4v) is 1.83. The molecule has 1 aliphatic heterocycles. The van der Waals surface area contributed by atoms with E-state index in [9.17, 15) is 0 Å². The highest BCUT2D eigenvalue weighted by molar-refractivity contribution is 4.90. The third kappa shape index (κ3) is 3.24. The molecule has 0 saturated carbocycles. The van der Waals surface area contributed by atoms with E-state index in [1.165, 1.54) is 0 Å². The molecule has 1 aromatic heterocycles. The molecule has 0 aromatic carbocycles. The van der Waals surface area contributed by atoms with E-state index >= 15 is 0 Å². The normalized spacial score (nSPS) is 25.1. The fourth-order valence-electron chi connectivity index (χ4n) is 1.83. The average Bonchev–Trinajstić information content (AvgIpc) is 2.61. The minimum absolute atomic E-state index is 0.132. The Morgan fingerprint density at radius 3 is 2.94 bits per heavy atom. The third-order valence-corrected chi connectivity index (χ3v) is 2.95. The van der Waals surface area contributed by atoms with Gasteiger partial charge in [-0.15, -0.1) is 10.2 Å². The Labute approximate surface area is 101 Å². The predicted molar refractivity (Wildman–Crippen MR) is 62.6 cm³/mol. The van der Waals surface area contributed by atoms with E-state index in [2.05, 4.69) is 22.4 Å². The largest absolute Gasteiger partial charge is 0.371 e. The Morgan fingerprint density at radius 1 is 1.47 bits per heavy atom. The first-order valence-electron chi connectivity index (χ1n) is 5.95. The minimum Gasteiger partial charge on any atom is -0.371 e. The molecule has 2 atom stereocenters. The van der Waals surface area contributed by atoms with Gasteiger partial charge in [-0.2, -0.15) is 0 Å². The van der Waals surface area contributed by atoms with Gasteiger partial charge in [0.25, 0.3) is 0 Å². The van der Waals surface area contributed by atoms with E-state index in [4.69, 9.17) is 9.47 Å². The van der Waals surface area contributed by atoms with E-state index in [0.717, 1.165) is 24.7 Å². The summed E-state index contributed by atoms with van der Waals surface area (Å²) < 4.78 is 13.3. The van der Waals surface area contributed by atoms with Crippen LogP contribution < -0.4 is 5.32 Å². The van der Waals surface area contributed by atoms with Crippen LogP contribution in [0.15, 0.2) is 0 Å². The number of nitrogens with one attached hydrogen (secondary N) is 1. The molecule has 0 amide bonds. The summed E-state index contributed by atoms with van der Waals surface area (Å²) in [7, 11) is 1.94. The molecule has 1 N–H and O–H groups in total. The molecule has 0 aliphatic carbocycles. The van der Waals surface area contributed by atoms with Crippen LogP contribution in [0.2, 0.25) is 0 Å². The number of hydrogen-bond donors (Lipinski definition) is 1. The standard InChI is InChI=1S/C11H20N4O2/c1-8-4-12-5-10(17-8)6-16-7-11-14-13-9(2)15(11)3/h8,10,12H,4-7H2,1-3H3. The number of aromatic nitrogens is 3. The molecule has 2 rings (SSSR count). The van der Waals surface area contributed by atoms with E-state index in [-0.39, 0.29) is 12.2 Å². The lowest BCUT2D eigenvalue weighted by Gasteiger charge is -2.28. The molecular formula is C11H20N4O2. The molecule has 6 nitrogen and oxygen atoms in total. The SMILES string of the molecule is Cc1nnc(COCC2CNCC(C)O2)n1C. The molecule has 6 heteroatoms. The van der Waals surface area contributed by atoms with Crippen molar-refractivity contribution in [3.05, 3.63) is 11.6 Å². The maximum absolute atomic E-state index is 5.73. The molecule has 96 valence electrons. The Morgan fingerprint density at radius 2 is 2.29 bits per heavy atom. The Balaban J connectivity index is 1.74. The quantitative estimate of drug-likeness (QED) is 0.803. The third-order valence-electron chi connectivity index (χ3n) is 2.95. The van der Waals surface area contributed by atoms with Crippen LogP contribution in [0.1, 0.15) is 18.6 Å². The van der Waals surface area contributed by atoms with Gasteiger partial charge in [0, 0.05) is 20.1 Å². The molecule has 1 saturated heterocycles. The molecular weight excluding hydrogens is 220 g/mol. The summed E-state index contributed by atoms with van der Waals surface area (Å²) >= 11 is 0. The van der Waals surface area contributed by atoms with Crippen LogP contribution in [-0.4, -0.2) is 46.7 Å². The number of morpholine rings is 1. The van der Waals surface area contributed by atoms with Crippen molar-refractivity contribution >= 4 is 0 Å². The maximum atomic E-state index is 5.73. The molecule has 0 spiro atoms. The van der Waals surface area contributed by atoms with Gasteiger partial charge < -0.3 is 19.4 Å². The smallest absolute Gasteiger partial charge is 0.158 e. The van der Waals surface area contributed by atoms with Crippen molar-refractivity contribution in [3.63, 3.8) is 0 Å². The van der Waals surface area contributed by atoms with Gasteiger partial charge in [-0.1, -0.05) is 0 Å². The Bertz CT molecular complexity index is 366. The highest BCUT2D eigenvalue weighted by Crippen LogP contribution is 2.05. The van der Waals surface area contributed by atoms with Crippen LogP contribution in [0.4, 0.5) is 0 Å². The zero-order valence-corrected chi connectivity index (χ0v) is 10.6. The van der Waals surface area contributed by atoms with Gasteiger partial charge in [-0.25, -0.2) is 0 Å². The number of hydrogen-bond acceptors (Lipinski definition) is 5. The zero-order chi connectivity index (χ0) is 12.3. The van der Waals surface area contributed by atoms with Gasteiger partial charge >= 0.3 is 0 Å². The molecule has 0 radical (unpaired) electrons. The summed E-state index contributed by atoms with van der Waals surface area (Å²) in [4.78, 5) is 0. The molecule has 1 fully saturated rings. The number of rotatable bonds is 4. The highest BCUT2D eigenvalue weighted by Gasteiger charge is 2.18. The summed E-state index contributed by atoms with van der Waals surface area (Å²) in [5.41, 5.74) is 0. The molecule has 17 heavy (non-hydrogen) atoms. The second-order valence-corrected chi connectivity index (χ2v) is 4.46. The second-order valence-electron chi connectivity index (χ2n) is 4.46. The highest BCUT2D eigenvalue weighted by atomic mass is 16.5. The van der Waals surface area contributed by atoms with Crippen molar-refractivity contribution in [2.24, 2.45) is 7.05 Å². The van der Waals surface area contributed by atoms with Crippen molar-refractivity contribution in [1.82, 2.24) is 20.1 Å². The Hall–Kier alpha value is -0.980. The predicted octanol–water partition coefficient (Wildman–Crippen LogP) is 0.0170. The summed E-state index contributed by atoms with van der Waals surface area (Å²) in [6.07, 6.45) is 0.391. The molecule has 2 unspecified atom stereocenters. The molecule has 0 bridgehead atoms. The summed E-state index contributed by atoms with van der Waals surface area (Å²) in [5, 5.41) is 11.3. The van der Waals surface area contributed by atoms with Crippen LogP contribution in [0.5, 0.6) is 0 Å². The van der Waals surface area contributed by atoms with Crippen LogP contribution >= 0.6 is 0 Å². The van der Waals surface area contributed by atoms with Gasteiger partial charge in [0.1, 0.15) is 12.4 Å². The first kappa shape index (κ1) is 12.5. The van der Waals surface area contributed by atoms with E-state index < -0.39 is 0 Å². The van der Waals surface area contributed by atoms with Gasteiger partial charge in [0.15, 0.2) is 5.82 Å². The summed E-state index contributed by atoms with van der Waals surface area (Å²) in [6.45, 7) is 6.81. The van der Waals surface area contributed by atoms with Crippen LogP contribution in [0.3, 0.4) is 0 Å². The molecule has 1 aliphatic rings. The van der Waals surface area contributed by atoms with E-state index in [1.54, 1.807) is 0 Å². The van der Waals surface area contributed by atoms with E-state index in [1.807, 2.05) is 18.5 Å². The van der Waals surface area contributed by atoms with Crippen molar-refractivity contribution in [1.29, 1.82) is 0 Å². The van der Waals surface area contributed by atoms with Crippen molar-refractivity contribution in [3.8, 4) is 0 Å². The zero-order valence-electron chi connectivity index (χ0n) is 10.6. The lowest BCUT2D eigenvalue weighted by molar-refractivity contribution is -0.0726. The van der Waals surface area contributed by atoms with E-state index in [0.29, 0.717) is 13.2 Å². The monoisotopic (exact) mass is 240 g/mol. The number of ether oxygens (including phenoxy) is 2. The second kappa shape index (κ2) is 5.57. The minimum atomic E-state index is 0.132. The first-order chi connectivity index (χ1) is 8.16. The summed E-state index contributed by atoms with van der Waals surface area (Å²) in [5.74, 6) is 1.74. The Kier molecular flexibility index (Phi) is 4.09. The number of nitrogens with zero attached hydrogens (tertiary/aromatic N) is 3. The average molecular weight is 240 g/mol. The summed E-state index contributed by atoms with van der Waals surface area (Å²) in [6, 6.07) is 0.